The van der Waals surface area contributed by atoms with Crippen LogP contribution >= 0.6 is 0 Å². The molecule has 0 amide bonds. The van der Waals surface area contributed by atoms with Crippen molar-refractivity contribution in [2.24, 2.45) is 5.92 Å². The van der Waals surface area contributed by atoms with Gasteiger partial charge >= 0.3 is 0 Å². The number of aromatic nitrogens is 2. The average Bonchev–Trinajstić information content (AvgIpc) is 2.79. The number of hydrogen-bond donors (Lipinski definition) is 0. The third kappa shape index (κ3) is 4.76. The first-order chi connectivity index (χ1) is 9.24. The average molecular weight is 280 g/mol. The molecule has 0 fully saturated rings. The molecule has 1 aromatic rings. The lowest BCUT2D eigenvalue weighted by molar-refractivity contribution is 0.0680. The Balaban J connectivity index is 3.11. The van der Waals surface area contributed by atoms with Gasteiger partial charge in [-0.3, -0.25) is 0 Å². The first-order valence-corrected chi connectivity index (χ1v) is 6.73. The highest BCUT2D eigenvalue weighted by atomic mass is 19.3. The van der Waals surface area contributed by atoms with Crippen molar-refractivity contribution in [1.82, 2.24) is 9.78 Å². The van der Waals surface area contributed by atoms with Crippen molar-refractivity contribution in [2.75, 3.05) is 0 Å². The van der Waals surface area contributed by atoms with Crippen LogP contribution in [0.3, 0.4) is 0 Å². The van der Waals surface area contributed by atoms with E-state index < -0.39 is 5.92 Å². The van der Waals surface area contributed by atoms with Gasteiger partial charge in [-0.25, -0.2) is 13.5 Å². The Morgan fingerprint density at radius 3 is 2.65 bits per heavy atom. The Labute approximate surface area is 119 Å². The summed E-state index contributed by atoms with van der Waals surface area (Å²) in [6.45, 7) is 10.3. The van der Waals surface area contributed by atoms with Crippen LogP contribution in [0.5, 0.6) is 0 Å². The predicted octanol–water partition coefficient (Wildman–Crippen LogP) is 4.85. The summed E-state index contributed by atoms with van der Waals surface area (Å²) in [5.74, 6) is -2.55. The van der Waals surface area contributed by atoms with E-state index in [1.54, 1.807) is 10.9 Å². The second-order valence-corrected chi connectivity index (χ2v) is 5.13. The summed E-state index contributed by atoms with van der Waals surface area (Å²) in [5.41, 5.74) is 1.20. The van der Waals surface area contributed by atoms with Gasteiger partial charge in [0.1, 0.15) is 0 Å². The molecule has 0 saturated carbocycles. The van der Waals surface area contributed by atoms with Crippen molar-refractivity contribution >= 4 is 5.70 Å². The van der Waals surface area contributed by atoms with Crippen LogP contribution in [0, 0.1) is 12.8 Å². The molecule has 2 nitrogen and oxygen atoms in total. The van der Waals surface area contributed by atoms with Gasteiger partial charge in [-0.2, -0.15) is 5.10 Å². The van der Waals surface area contributed by atoms with E-state index in [9.17, 15) is 8.78 Å². The summed E-state index contributed by atoms with van der Waals surface area (Å²) < 4.78 is 28.1. The van der Waals surface area contributed by atoms with Gasteiger partial charge in [0.25, 0.3) is 5.92 Å². The van der Waals surface area contributed by atoms with E-state index in [1.807, 2.05) is 25.1 Å². The smallest absolute Gasteiger partial charge is 0.241 e. The first kappa shape index (κ1) is 16.3. The van der Waals surface area contributed by atoms with Crippen molar-refractivity contribution in [3.05, 3.63) is 48.3 Å². The molecule has 1 unspecified atom stereocenters. The SMILES string of the molecule is C=C(/C=C(\C=C/C(C)CC)n1ccc(C)n1)C(C)(F)F. The van der Waals surface area contributed by atoms with Crippen LogP contribution in [0.1, 0.15) is 32.9 Å². The van der Waals surface area contributed by atoms with Gasteiger partial charge in [-0.05, 0) is 31.1 Å². The molecule has 0 aromatic carbocycles. The number of aryl methyl sites for hydroxylation is 1. The maximum atomic E-state index is 13.3. The number of hydrogen-bond acceptors (Lipinski definition) is 1. The summed E-state index contributed by atoms with van der Waals surface area (Å²) in [6, 6.07) is 1.83. The van der Waals surface area contributed by atoms with E-state index in [1.165, 1.54) is 6.08 Å². The molecule has 0 spiro atoms. The Bertz CT molecular complexity index is 519. The van der Waals surface area contributed by atoms with E-state index in [4.69, 9.17) is 0 Å². The van der Waals surface area contributed by atoms with Crippen LogP contribution in [0.2, 0.25) is 0 Å². The van der Waals surface area contributed by atoms with Gasteiger partial charge in [-0.15, -0.1) is 0 Å². The van der Waals surface area contributed by atoms with Crippen LogP contribution in [-0.4, -0.2) is 15.7 Å². The second kappa shape index (κ2) is 6.64. The fourth-order valence-electron chi connectivity index (χ4n) is 1.45. The van der Waals surface area contributed by atoms with Crippen molar-refractivity contribution < 1.29 is 8.78 Å². The van der Waals surface area contributed by atoms with Gasteiger partial charge < -0.3 is 0 Å². The lowest BCUT2D eigenvalue weighted by atomic mass is 10.1. The van der Waals surface area contributed by atoms with Gasteiger partial charge in [0.15, 0.2) is 0 Å². The summed E-state index contributed by atoms with van der Waals surface area (Å²) in [5, 5.41) is 4.26. The molecule has 0 N–H and O–H groups in total. The van der Waals surface area contributed by atoms with E-state index in [0.717, 1.165) is 19.0 Å². The largest absolute Gasteiger partial charge is 0.270 e. The Morgan fingerprint density at radius 1 is 1.55 bits per heavy atom. The van der Waals surface area contributed by atoms with Crippen molar-refractivity contribution in [2.45, 2.75) is 40.0 Å². The first-order valence-electron chi connectivity index (χ1n) is 6.73. The monoisotopic (exact) mass is 280 g/mol. The summed E-state index contributed by atoms with van der Waals surface area (Å²) in [7, 11) is 0. The molecule has 0 saturated heterocycles. The maximum absolute atomic E-state index is 13.3. The topological polar surface area (TPSA) is 17.8 Å². The maximum Gasteiger partial charge on any atom is 0.270 e. The minimum Gasteiger partial charge on any atom is -0.241 e. The fraction of sp³-hybridized carbons (Fsp3) is 0.438. The third-order valence-corrected chi connectivity index (χ3v) is 3.11. The van der Waals surface area contributed by atoms with Crippen molar-refractivity contribution in [3.8, 4) is 0 Å². The van der Waals surface area contributed by atoms with Crippen molar-refractivity contribution in [1.29, 1.82) is 0 Å². The molecule has 1 rings (SSSR count). The van der Waals surface area contributed by atoms with Crippen LogP contribution in [-0.2, 0) is 0 Å². The van der Waals surface area contributed by atoms with E-state index in [0.29, 0.717) is 11.6 Å². The Hall–Kier alpha value is -1.71. The number of allylic oxidation sites excluding steroid dienone is 5. The summed E-state index contributed by atoms with van der Waals surface area (Å²) in [4.78, 5) is 0. The van der Waals surface area contributed by atoms with E-state index in [2.05, 4.69) is 25.5 Å². The molecule has 0 aliphatic carbocycles. The van der Waals surface area contributed by atoms with E-state index >= 15 is 0 Å². The summed E-state index contributed by atoms with van der Waals surface area (Å²) in [6.07, 6.45) is 7.93. The quantitative estimate of drug-likeness (QED) is 0.681. The second-order valence-electron chi connectivity index (χ2n) is 5.13. The molecule has 0 radical (unpaired) electrons. The molecule has 1 atom stereocenters. The third-order valence-electron chi connectivity index (χ3n) is 3.11. The van der Waals surface area contributed by atoms with Crippen LogP contribution in [0.25, 0.3) is 5.70 Å². The highest BCUT2D eigenvalue weighted by Crippen LogP contribution is 2.25. The zero-order valence-electron chi connectivity index (χ0n) is 12.5. The molecule has 1 heterocycles. The normalized spacial score (nSPS) is 14.8. The van der Waals surface area contributed by atoms with Crippen molar-refractivity contribution in [3.63, 3.8) is 0 Å². The molecule has 20 heavy (non-hydrogen) atoms. The Kier molecular flexibility index (Phi) is 5.43. The van der Waals surface area contributed by atoms with Crippen LogP contribution in [0.4, 0.5) is 8.78 Å². The van der Waals surface area contributed by atoms with Gasteiger partial charge in [0.2, 0.25) is 0 Å². The number of alkyl halides is 2. The minimum absolute atomic E-state index is 0.227. The zero-order chi connectivity index (χ0) is 15.3. The molecular weight excluding hydrogens is 258 g/mol. The number of halogens is 2. The molecule has 1 aromatic heterocycles. The number of nitrogens with zero attached hydrogens (tertiary/aromatic N) is 2. The van der Waals surface area contributed by atoms with Gasteiger partial charge in [0.05, 0.1) is 11.4 Å². The zero-order valence-corrected chi connectivity index (χ0v) is 12.5. The predicted molar refractivity (Wildman–Crippen MR) is 79.6 cm³/mol. The number of rotatable bonds is 6. The molecule has 0 aliphatic rings. The molecule has 110 valence electrons. The van der Waals surface area contributed by atoms with E-state index in [-0.39, 0.29) is 5.57 Å². The Morgan fingerprint density at radius 2 is 2.20 bits per heavy atom. The minimum atomic E-state index is -2.93. The van der Waals surface area contributed by atoms with Crippen LogP contribution in [0.15, 0.2) is 42.6 Å². The van der Waals surface area contributed by atoms with Crippen LogP contribution < -0.4 is 0 Å². The fourth-order valence-corrected chi connectivity index (χ4v) is 1.45. The summed E-state index contributed by atoms with van der Waals surface area (Å²) >= 11 is 0. The lowest BCUT2D eigenvalue weighted by Crippen LogP contribution is -2.12. The molecule has 0 aliphatic heterocycles. The van der Waals surface area contributed by atoms with Gasteiger partial charge in [0, 0.05) is 18.7 Å². The van der Waals surface area contributed by atoms with Gasteiger partial charge in [-0.1, -0.05) is 32.9 Å². The highest BCUT2D eigenvalue weighted by molar-refractivity contribution is 5.60. The molecular formula is C16H22F2N2. The molecule has 0 bridgehead atoms. The molecule has 4 heteroatoms. The highest BCUT2D eigenvalue weighted by Gasteiger charge is 2.24. The standard InChI is InChI=1S/C16H22F2N2/c1-6-12(2)7-8-15(11-13(3)16(5,17)18)20-10-9-14(4)19-20/h7-12H,3,6H2,1-2,4-5H3/b8-7-,15-11+. The lowest BCUT2D eigenvalue weighted by Gasteiger charge is -2.12.